The first kappa shape index (κ1) is 17.7. The fourth-order valence-corrected chi connectivity index (χ4v) is 4.57. The van der Waals surface area contributed by atoms with Crippen molar-refractivity contribution >= 4 is 55.8 Å². The van der Waals surface area contributed by atoms with E-state index in [4.69, 9.17) is 11.6 Å². The predicted octanol–water partition coefficient (Wildman–Crippen LogP) is 3.64. The van der Waals surface area contributed by atoms with Gasteiger partial charge in [-0.25, -0.2) is 13.1 Å². The summed E-state index contributed by atoms with van der Waals surface area (Å²) < 4.78 is 27.8. The minimum atomic E-state index is -3.55. The van der Waals surface area contributed by atoms with Crippen LogP contribution in [-0.4, -0.2) is 20.4 Å². The van der Waals surface area contributed by atoms with Crippen LogP contribution in [0.2, 0.25) is 5.02 Å². The molecule has 2 aromatic rings. The molecule has 0 spiro atoms. The maximum Gasteiger partial charge on any atom is 0.256 e. The highest BCUT2D eigenvalue weighted by Crippen LogP contribution is 2.24. The van der Waals surface area contributed by atoms with Crippen LogP contribution in [0.3, 0.4) is 0 Å². The van der Waals surface area contributed by atoms with E-state index in [2.05, 4.69) is 10.0 Å². The van der Waals surface area contributed by atoms with Gasteiger partial charge in [0.05, 0.1) is 10.5 Å². The van der Waals surface area contributed by atoms with Gasteiger partial charge in [0.2, 0.25) is 10.0 Å². The Bertz CT molecular complexity index is 898. The number of carbonyl (C=O) groups is 1. The second-order valence-corrected chi connectivity index (χ2v) is 8.81. The van der Waals surface area contributed by atoms with Crippen molar-refractivity contribution in [2.24, 2.45) is 0 Å². The smallest absolute Gasteiger partial charge is 0.256 e. The van der Waals surface area contributed by atoms with Crippen molar-refractivity contribution in [1.82, 2.24) is 4.72 Å². The molecule has 8 heteroatoms. The van der Waals surface area contributed by atoms with Crippen molar-refractivity contribution in [3.63, 3.8) is 0 Å². The average molecular weight is 477 g/mol. The topological polar surface area (TPSA) is 75.3 Å². The molecule has 126 valence electrons. The number of anilines is 1. The lowest BCUT2D eigenvalue weighted by molar-refractivity contribution is 0.102. The zero-order valence-corrected chi connectivity index (χ0v) is 16.2. The van der Waals surface area contributed by atoms with E-state index in [1.54, 1.807) is 30.3 Å². The summed E-state index contributed by atoms with van der Waals surface area (Å²) >= 11 is 7.92. The molecule has 0 saturated heterocycles. The molecule has 1 aliphatic rings. The minimum Gasteiger partial charge on any atom is -0.322 e. The zero-order valence-electron chi connectivity index (χ0n) is 12.4. The maximum absolute atomic E-state index is 12.4. The number of sulfonamides is 1. The Morgan fingerprint density at radius 1 is 1.17 bits per heavy atom. The van der Waals surface area contributed by atoms with Gasteiger partial charge in [0.15, 0.2) is 0 Å². The Balaban J connectivity index is 1.80. The summed E-state index contributed by atoms with van der Waals surface area (Å²) in [6.07, 6.45) is 1.73. The quantitative estimate of drug-likeness (QED) is 0.647. The first-order valence-electron chi connectivity index (χ1n) is 7.24. The monoisotopic (exact) mass is 476 g/mol. The first-order valence-corrected chi connectivity index (χ1v) is 10.2. The third-order valence-electron chi connectivity index (χ3n) is 3.48. The number of hydrogen-bond acceptors (Lipinski definition) is 3. The van der Waals surface area contributed by atoms with Crippen LogP contribution in [-0.2, 0) is 10.0 Å². The van der Waals surface area contributed by atoms with Crippen LogP contribution in [0.4, 0.5) is 5.69 Å². The van der Waals surface area contributed by atoms with Gasteiger partial charge in [-0.1, -0.05) is 17.7 Å². The number of benzene rings is 2. The van der Waals surface area contributed by atoms with Crippen molar-refractivity contribution in [2.45, 2.75) is 23.8 Å². The SMILES string of the molecule is O=C(Nc1cccc(S(=O)(=O)NC2CC2)c1)c1ccc(Cl)cc1I. The molecule has 0 aromatic heterocycles. The van der Waals surface area contributed by atoms with E-state index in [-0.39, 0.29) is 16.8 Å². The molecule has 1 amide bonds. The van der Waals surface area contributed by atoms with Crippen LogP contribution in [0.15, 0.2) is 47.4 Å². The summed E-state index contributed by atoms with van der Waals surface area (Å²) in [6, 6.07) is 11.2. The van der Waals surface area contributed by atoms with Crippen LogP contribution in [0.1, 0.15) is 23.2 Å². The Labute approximate surface area is 159 Å². The number of carbonyl (C=O) groups excluding carboxylic acids is 1. The van der Waals surface area contributed by atoms with Crippen molar-refractivity contribution in [2.75, 3.05) is 5.32 Å². The van der Waals surface area contributed by atoms with E-state index in [0.29, 0.717) is 16.3 Å². The molecule has 0 radical (unpaired) electrons. The molecule has 0 bridgehead atoms. The second-order valence-electron chi connectivity index (χ2n) is 5.50. The number of nitrogens with one attached hydrogen (secondary N) is 2. The lowest BCUT2D eigenvalue weighted by Crippen LogP contribution is -2.25. The van der Waals surface area contributed by atoms with Crippen LogP contribution in [0, 0.1) is 3.57 Å². The van der Waals surface area contributed by atoms with Crippen LogP contribution in [0.25, 0.3) is 0 Å². The normalized spacial score (nSPS) is 14.4. The highest BCUT2D eigenvalue weighted by atomic mass is 127. The van der Waals surface area contributed by atoms with Crippen molar-refractivity contribution in [3.8, 4) is 0 Å². The van der Waals surface area contributed by atoms with Crippen LogP contribution < -0.4 is 10.0 Å². The number of rotatable bonds is 5. The zero-order chi connectivity index (χ0) is 17.3. The van der Waals surface area contributed by atoms with Gasteiger partial charge in [0.25, 0.3) is 5.91 Å². The van der Waals surface area contributed by atoms with E-state index in [1.807, 2.05) is 22.6 Å². The van der Waals surface area contributed by atoms with Crippen molar-refractivity contribution in [3.05, 3.63) is 56.6 Å². The molecule has 0 aliphatic heterocycles. The molecule has 0 unspecified atom stereocenters. The highest BCUT2D eigenvalue weighted by Gasteiger charge is 2.28. The molecule has 2 N–H and O–H groups in total. The summed E-state index contributed by atoms with van der Waals surface area (Å²) in [7, 11) is -3.55. The van der Waals surface area contributed by atoms with E-state index in [0.717, 1.165) is 16.4 Å². The summed E-state index contributed by atoms with van der Waals surface area (Å²) in [6.45, 7) is 0. The summed E-state index contributed by atoms with van der Waals surface area (Å²) in [5, 5.41) is 3.27. The van der Waals surface area contributed by atoms with Gasteiger partial charge in [-0.2, -0.15) is 0 Å². The number of halogens is 2. The van der Waals surface area contributed by atoms with E-state index < -0.39 is 10.0 Å². The van der Waals surface area contributed by atoms with E-state index in [9.17, 15) is 13.2 Å². The summed E-state index contributed by atoms with van der Waals surface area (Å²) in [5.41, 5.74) is 0.897. The Morgan fingerprint density at radius 3 is 2.58 bits per heavy atom. The molecular formula is C16H14ClIN2O3S. The standard InChI is InChI=1S/C16H14ClIN2O3S/c17-10-4-7-14(15(18)8-10)16(21)19-12-2-1-3-13(9-12)24(22,23)20-11-5-6-11/h1-4,7-9,11,20H,5-6H2,(H,19,21). The molecule has 5 nitrogen and oxygen atoms in total. The van der Waals surface area contributed by atoms with Crippen molar-refractivity contribution in [1.29, 1.82) is 0 Å². The fraction of sp³-hybridized carbons (Fsp3) is 0.188. The Kier molecular flexibility index (Phi) is 5.14. The average Bonchev–Trinajstić information content (AvgIpc) is 3.30. The molecule has 3 rings (SSSR count). The largest absolute Gasteiger partial charge is 0.322 e. The molecular weight excluding hydrogens is 463 g/mol. The Morgan fingerprint density at radius 2 is 1.92 bits per heavy atom. The van der Waals surface area contributed by atoms with E-state index >= 15 is 0 Å². The first-order chi connectivity index (χ1) is 11.3. The lowest BCUT2D eigenvalue weighted by Gasteiger charge is -2.10. The summed E-state index contributed by atoms with van der Waals surface area (Å²) in [5.74, 6) is -0.319. The van der Waals surface area contributed by atoms with Gasteiger partial charge in [-0.15, -0.1) is 0 Å². The van der Waals surface area contributed by atoms with Gasteiger partial charge in [0, 0.05) is 20.3 Å². The lowest BCUT2D eigenvalue weighted by atomic mass is 10.2. The van der Waals surface area contributed by atoms with E-state index in [1.165, 1.54) is 12.1 Å². The molecule has 2 aromatic carbocycles. The number of hydrogen-bond donors (Lipinski definition) is 2. The van der Waals surface area contributed by atoms with Gasteiger partial charge in [-0.05, 0) is 71.8 Å². The Hall–Kier alpha value is -1.16. The van der Waals surface area contributed by atoms with Gasteiger partial charge >= 0.3 is 0 Å². The summed E-state index contributed by atoms with van der Waals surface area (Å²) in [4.78, 5) is 12.5. The molecule has 1 fully saturated rings. The van der Waals surface area contributed by atoms with Gasteiger partial charge in [0.1, 0.15) is 0 Å². The third-order valence-corrected chi connectivity index (χ3v) is 6.12. The van der Waals surface area contributed by atoms with Crippen molar-refractivity contribution < 1.29 is 13.2 Å². The highest BCUT2D eigenvalue weighted by molar-refractivity contribution is 14.1. The molecule has 0 heterocycles. The predicted molar refractivity (Wildman–Crippen MR) is 102 cm³/mol. The molecule has 1 saturated carbocycles. The van der Waals surface area contributed by atoms with Crippen LogP contribution >= 0.6 is 34.2 Å². The van der Waals surface area contributed by atoms with Gasteiger partial charge < -0.3 is 5.32 Å². The third kappa shape index (κ3) is 4.27. The molecule has 0 atom stereocenters. The fourth-order valence-electron chi connectivity index (χ4n) is 2.10. The maximum atomic E-state index is 12.4. The molecule has 1 aliphatic carbocycles. The second kappa shape index (κ2) is 6.99. The van der Waals surface area contributed by atoms with Crippen LogP contribution in [0.5, 0.6) is 0 Å². The number of amides is 1. The molecule has 24 heavy (non-hydrogen) atoms. The van der Waals surface area contributed by atoms with Gasteiger partial charge in [-0.3, -0.25) is 4.79 Å². The minimum absolute atomic E-state index is 0.0314.